The molecule has 0 atom stereocenters. The first-order valence-electron chi connectivity index (χ1n) is 5.53. The molecule has 5 nitrogen and oxygen atoms in total. The number of nitrogens with one attached hydrogen (secondary N) is 3. The number of carbonyl (C=O) groups excluding carboxylic acids is 2. The van der Waals surface area contributed by atoms with Crippen molar-refractivity contribution in [1.82, 2.24) is 5.32 Å². The van der Waals surface area contributed by atoms with Gasteiger partial charge in [-0.25, -0.2) is 0 Å². The van der Waals surface area contributed by atoms with E-state index in [1.165, 1.54) is 6.92 Å². The van der Waals surface area contributed by atoms with Gasteiger partial charge in [-0.15, -0.1) is 0 Å². The van der Waals surface area contributed by atoms with Crippen molar-refractivity contribution in [2.75, 3.05) is 13.1 Å². The molecule has 0 spiro atoms. The highest BCUT2D eigenvalue weighted by atomic mass is 16.1. The summed E-state index contributed by atoms with van der Waals surface area (Å²) in [5, 5.41) is 16.7. The highest BCUT2D eigenvalue weighted by Gasteiger charge is 1.92. The first-order valence-corrected chi connectivity index (χ1v) is 5.53. The van der Waals surface area contributed by atoms with Crippen LogP contribution in [0, 0.1) is 10.8 Å². The summed E-state index contributed by atoms with van der Waals surface area (Å²) in [7, 11) is 0. The van der Waals surface area contributed by atoms with Gasteiger partial charge in [-0.3, -0.25) is 4.79 Å². The Kier molecular flexibility index (Phi) is 11.8. The maximum atomic E-state index is 10.3. The lowest BCUT2D eigenvalue weighted by Gasteiger charge is -1.97. The summed E-state index contributed by atoms with van der Waals surface area (Å²) < 4.78 is 0. The quantitative estimate of drug-likeness (QED) is 0.591. The molecule has 0 aliphatic heterocycles. The maximum absolute atomic E-state index is 10.3. The summed E-state index contributed by atoms with van der Waals surface area (Å²) in [4.78, 5) is 20.5. The molecular weight excluding hydrogens is 218 g/mol. The lowest BCUT2D eigenvalue weighted by Crippen LogP contribution is -2.25. The fraction of sp³-hybridized carbons (Fsp3) is 0.667. The van der Waals surface area contributed by atoms with E-state index >= 15 is 0 Å². The molecule has 0 aromatic heterocycles. The molecule has 0 aromatic rings. The van der Waals surface area contributed by atoms with Crippen LogP contribution in [0.4, 0.5) is 0 Å². The summed E-state index contributed by atoms with van der Waals surface area (Å²) in [5.41, 5.74) is 1.14. The third-order valence-corrected chi connectivity index (χ3v) is 1.62. The zero-order valence-electron chi connectivity index (χ0n) is 11.1. The van der Waals surface area contributed by atoms with Crippen molar-refractivity contribution >= 4 is 23.0 Å². The predicted molar refractivity (Wildman–Crippen MR) is 70.3 cm³/mol. The summed E-state index contributed by atoms with van der Waals surface area (Å²) >= 11 is 0. The lowest BCUT2D eigenvalue weighted by atomic mass is 10.2. The molecule has 0 rings (SSSR count). The maximum Gasteiger partial charge on any atom is 0.143 e. The van der Waals surface area contributed by atoms with Gasteiger partial charge in [0.05, 0.1) is 6.54 Å². The van der Waals surface area contributed by atoms with Gasteiger partial charge in [0.25, 0.3) is 0 Å². The Bertz CT molecular complexity index is 257. The van der Waals surface area contributed by atoms with Crippen LogP contribution in [0.25, 0.3) is 0 Å². The summed E-state index contributed by atoms with van der Waals surface area (Å²) in [6.07, 6.45) is 1.14. The fourth-order valence-corrected chi connectivity index (χ4v) is 0.790. The van der Waals surface area contributed by atoms with E-state index < -0.39 is 0 Å². The van der Waals surface area contributed by atoms with Crippen LogP contribution >= 0.6 is 0 Å². The van der Waals surface area contributed by atoms with E-state index in [-0.39, 0.29) is 11.6 Å². The lowest BCUT2D eigenvalue weighted by molar-refractivity contribution is -0.117. The van der Waals surface area contributed by atoms with Crippen LogP contribution in [-0.2, 0) is 9.59 Å². The molecule has 5 heteroatoms. The van der Waals surface area contributed by atoms with E-state index in [4.69, 9.17) is 10.8 Å². The van der Waals surface area contributed by atoms with E-state index in [2.05, 4.69) is 5.32 Å². The molecule has 0 unspecified atom stereocenters. The Labute approximate surface area is 103 Å². The number of carbonyl (C=O) groups is 2. The Balaban J connectivity index is 0. The molecule has 0 aromatic carbocycles. The van der Waals surface area contributed by atoms with Gasteiger partial charge in [0.2, 0.25) is 0 Å². The topological polar surface area (TPSA) is 93.9 Å². The van der Waals surface area contributed by atoms with E-state index in [0.29, 0.717) is 37.4 Å². The SMILES string of the molecule is CC(=N)CCC(C)=O.CC(=N)CNCC(C)=O. The molecule has 98 valence electrons. The van der Waals surface area contributed by atoms with E-state index in [1.807, 2.05) is 0 Å². The monoisotopic (exact) mass is 241 g/mol. The minimum absolute atomic E-state index is 0.108. The summed E-state index contributed by atoms with van der Waals surface area (Å²) in [6, 6.07) is 0. The Morgan fingerprint density at radius 2 is 1.35 bits per heavy atom. The largest absolute Gasteiger partial charge is 0.310 e. The number of ketones is 2. The van der Waals surface area contributed by atoms with Gasteiger partial charge in [-0.05, 0) is 34.1 Å². The van der Waals surface area contributed by atoms with Crippen LogP contribution in [-0.4, -0.2) is 36.1 Å². The second-order valence-corrected chi connectivity index (χ2v) is 4.07. The number of hydrogen-bond acceptors (Lipinski definition) is 5. The van der Waals surface area contributed by atoms with Crippen LogP contribution in [0.2, 0.25) is 0 Å². The van der Waals surface area contributed by atoms with Gasteiger partial charge in [0.1, 0.15) is 11.6 Å². The second-order valence-electron chi connectivity index (χ2n) is 4.07. The summed E-state index contributed by atoms with van der Waals surface area (Å²) in [6.45, 7) is 7.36. The molecule has 0 saturated heterocycles. The van der Waals surface area contributed by atoms with Crippen molar-refractivity contribution < 1.29 is 9.59 Å². The molecule has 0 fully saturated rings. The smallest absolute Gasteiger partial charge is 0.143 e. The molecule has 0 aliphatic carbocycles. The fourth-order valence-electron chi connectivity index (χ4n) is 0.790. The van der Waals surface area contributed by atoms with Gasteiger partial charge in [0.15, 0.2) is 0 Å². The van der Waals surface area contributed by atoms with Crippen LogP contribution in [0.3, 0.4) is 0 Å². The average molecular weight is 241 g/mol. The normalized spacial score (nSPS) is 8.94. The Morgan fingerprint density at radius 3 is 1.59 bits per heavy atom. The zero-order chi connectivity index (χ0) is 13.8. The molecule has 0 saturated carbocycles. The van der Waals surface area contributed by atoms with Gasteiger partial charge in [-0.2, -0.15) is 0 Å². The number of hydrogen-bond donors (Lipinski definition) is 3. The van der Waals surface area contributed by atoms with E-state index in [0.717, 1.165) is 0 Å². The van der Waals surface area contributed by atoms with Crippen LogP contribution in [0.15, 0.2) is 0 Å². The number of Topliss-reactive ketones (excluding diaryl/α,β-unsaturated/α-hetero) is 2. The van der Waals surface area contributed by atoms with Gasteiger partial charge in [0, 0.05) is 24.4 Å². The van der Waals surface area contributed by atoms with Crippen molar-refractivity contribution in [1.29, 1.82) is 10.8 Å². The number of rotatable bonds is 7. The minimum atomic E-state index is 0.108. The first kappa shape index (κ1) is 18.0. The van der Waals surface area contributed by atoms with E-state index in [9.17, 15) is 9.59 Å². The van der Waals surface area contributed by atoms with Crippen molar-refractivity contribution in [3.05, 3.63) is 0 Å². The molecule has 0 amide bonds. The Morgan fingerprint density at radius 1 is 0.824 bits per heavy atom. The molecule has 17 heavy (non-hydrogen) atoms. The molecule has 0 bridgehead atoms. The summed E-state index contributed by atoms with van der Waals surface area (Å²) in [5.74, 6) is 0.271. The third kappa shape index (κ3) is 25.2. The molecule has 0 aliphatic rings. The van der Waals surface area contributed by atoms with Crippen molar-refractivity contribution in [2.24, 2.45) is 0 Å². The minimum Gasteiger partial charge on any atom is -0.310 e. The predicted octanol–water partition coefficient (Wildman–Crippen LogP) is 1.60. The van der Waals surface area contributed by atoms with Gasteiger partial charge >= 0.3 is 0 Å². The average Bonchev–Trinajstić information content (AvgIpc) is 2.14. The second kappa shape index (κ2) is 11.1. The van der Waals surface area contributed by atoms with Crippen LogP contribution in [0.5, 0.6) is 0 Å². The van der Waals surface area contributed by atoms with Crippen LogP contribution < -0.4 is 5.32 Å². The van der Waals surface area contributed by atoms with Crippen molar-refractivity contribution in [2.45, 2.75) is 40.5 Å². The molecular formula is C12H23N3O2. The third-order valence-electron chi connectivity index (χ3n) is 1.62. The van der Waals surface area contributed by atoms with Crippen molar-refractivity contribution in [3.8, 4) is 0 Å². The van der Waals surface area contributed by atoms with Crippen LogP contribution in [0.1, 0.15) is 40.5 Å². The molecule has 0 radical (unpaired) electrons. The highest BCUT2D eigenvalue weighted by Crippen LogP contribution is 1.90. The van der Waals surface area contributed by atoms with Gasteiger partial charge < -0.3 is 20.9 Å². The highest BCUT2D eigenvalue weighted by molar-refractivity contribution is 5.84. The van der Waals surface area contributed by atoms with Gasteiger partial charge in [-0.1, -0.05) is 0 Å². The zero-order valence-corrected chi connectivity index (χ0v) is 11.1. The first-order chi connectivity index (χ1) is 7.75. The van der Waals surface area contributed by atoms with E-state index in [1.54, 1.807) is 20.8 Å². The molecule has 3 N–H and O–H groups in total. The Hall–Kier alpha value is -1.36. The molecule has 0 heterocycles. The standard InChI is InChI=1S/C6H12N2O.C6H11NO/c1-5(7)3-8-4-6(2)9;1-5(7)3-4-6(2)8/h7-8H,3-4H2,1-2H3;7H,3-4H2,1-2H3. The van der Waals surface area contributed by atoms with Crippen molar-refractivity contribution in [3.63, 3.8) is 0 Å².